The van der Waals surface area contributed by atoms with Crippen LogP contribution in [0.25, 0.3) is 0 Å². The Bertz CT molecular complexity index is 1090. The van der Waals surface area contributed by atoms with Gasteiger partial charge in [-0.2, -0.15) is 17.5 Å². The minimum atomic E-state index is -4.58. The molecule has 0 aliphatic carbocycles. The number of halogens is 3. The molecule has 33 heavy (non-hydrogen) atoms. The van der Waals surface area contributed by atoms with Crippen molar-refractivity contribution in [2.75, 3.05) is 36.4 Å². The van der Waals surface area contributed by atoms with Gasteiger partial charge in [0.2, 0.25) is 10.0 Å². The third-order valence-electron chi connectivity index (χ3n) is 5.71. The summed E-state index contributed by atoms with van der Waals surface area (Å²) in [5.41, 5.74) is -0.184. The smallest absolute Gasteiger partial charge is 0.370 e. The number of amides is 1. The van der Waals surface area contributed by atoms with Crippen LogP contribution >= 0.6 is 0 Å². The van der Waals surface area contributed by atoms with E-state index in [1.165, 1.54) is 28.6 Å². The highest BCUT2D eigenvalue weighted by atomic mass is 32.2. The minimum absolute atomic E-state index is 0.0197. The molecule has 1 fully saturated rings. The van der Waals surface area contributed by atoms with Gasteiger partial charge in [-0.25, -0.2) is 8.42 Å². The molecule has 1 N–H and O–H groups in total. The number of nitrogens with one attached hydrogen (secondary N) is 1. The van der Waals surface area contributed by atoms with E-state index < -0.39 is 27.7 Å². The van der Waals surface area contributed by atoms with E-state index in [4.69, 9.17) is 0 Å². The summed E-state index contributed by atoms with van der Waals surface area (Å²) in [6.45, 7) is 5.54. The number of piperidine rings is 1. The summed E-state index contributed by atoms with van der Waals surface area (Å²) in [6, 6.07) is 8.70. The normalized spacial score (nSPS) is 15.0. The van der Waals surface area contributed by atoms with Crippen LogP contribution in [0.5, 0.6) is 0 Å². The first-order valence-corrected chi connectivity index (χ1v) is 12.4. The molecule has 10 heteroatoms. The number of sulfonamides is 1. The van der Waals surface area contributed by atoms with Crippen molar-refractivity contribution in [2.45, 2.75) is 44.2 Å². The molecule has 2 aromatic rings. The number of hydrogen-bond acceptors (Lipinski definition) is 4. The fourth-order valence-electron chi connectivity index (χ4n) is 3.93. The Morgan fingerprint density at radius 2 is 1.70 bits per heavy atom. The molecule has 1 amide bonds. The van der Waals surface area contributed by atoms with E-state index in [1.807, 2.05) is 0 Å². The molecule has 0 bridgehead atoms. The van der Waals surface area contributed by atoms with Crippen LogP contribution in [-0.2, 0) is 16.2 Å². The first-order valence-electron chi connectivity index (χ1n) is 11.0. The number of nitrogens with zero attached hydrogens (tertiary/aromatic N) is 2. The summed E-state index contributed by atoms with van der Waals surface area (Å²) in [5.74, 6) is -0.739. The van der Waals surface area contributed by atoms with Gasteiger partial charge in [-0.3, -0.25) is 4.79 Å². The molecule has 1 aliphatic heterocycles. The molecular formula is C23H28F3N3O3S. The maximum atomic E-state index is 13.1. The second kappa shape index (κ2) is 10.1. The summed E-state index contributed by atoms with van der Waals surface area (Å²) >= 11 is 0. The molecular weight excluding hydrogens is 455 g/mol. The lowest BCUT2D eigenvalue weighted by atomic mass is 10.1. The van der Waals surface area contributed by atoms with Crippen LogP contribution in [0.1, 0.15) is 49.0 Å². The van der Waals surface area contributed by atoms with Gasteiger partial charge in [0.05, 0.1) is 21.8 Å². The van der Waals surface area contributed by atoms with Crippen LogP contribution < -0.4 is 10.2 Å². The van der Waals surface area contributed by atoms with Gasteiger partial charge >= 0.3 is 6.18 Å². The van der Waals surface area contributed by atoms with Crippen molar-refractivity contribution in [1.82, 2.24) is 4.31 Å². The van der Waals surface area contributed by atoms with Crippen LogP contribution in [0, 0.1) is 0 Å². The van der Waals surface area contributed by atoms with Gasteiger partial charge in [0.15, 0.2) is 0 Å². The first kappa shape index (κ1) is 25.0. The van der Waals surface area contributed by atoms with Crippen molar-refractivity contribution >= 4 is 27.3 Å². The third kappa shape index (κ3) is 5.67. The molecule has 1 saturated heterocycles. The number of anilines is 2. The topological polar surface area (TPSA) is 69.7 Å². The monoisotopic (exact) mass is 483 g/mol. The lowest BCUT2D eigenvalue weighted by Gasteiger charge is -2.31. The van der Waals surface area contributed by atoms with Gasteiger partial charge in [0.1, 0.15) is 0 Å². The van der Waals surface area contributed by atoms with Gasteiger partial charge in [-0.1, -0.05) is 19.9 Å². The molecule has 0 radical (unpaired) electrons. The molecule has 0 spiro atoms. The molecule has 1 aliphatic rings. The third-order valence-corrected chi connectivity index (χ3v) is 7.75. The zero-order valence-corrected chi connectivity index (χ0v) is 19.5. The first-order chi connectivity index (χ1) is 15.6. The molecule has 2 aromatic carbocycles. The molecule has 6 nitrogen and oxygen atoms in total. The van der Waals surface area contributed by atoms with E-state index in [1.54, 1.807) is 19.9 Å². The number of benzene rings is 2. The van der Waals surface area contributed by atoms with Crippen molar-refractivity contribution in [3.63, 3.8) is 0 Å². The Kier molecular flexibility index (Phi) is 7.69. The Balaban J connectivity index is 2.01. The zero-order chi connectivity index (χ0) is 24.2. The summed E-state index contributed by atoms with van der Waals surface area (Å²) in [7, 11) is -3.78. The molecule has 0 saturated carbocycles. The van der Waals surface area contributed by atoms with Crippen molar-refractivity contribution in [2.24, 2.45) is 0 Å². The van der Waals surface area contributed by atoms with E-state index in [0.29, 0.717) is 18.8 Å². The lowest BCUT2D eigenvalue weighted by Crippen LogP contribution is -2.32. The van der Waals surface area contributed by atoms with Gasteiger partial charge in [0, 0.05) is 31.7 Å². The largest absolute Gasteiger partial charge is 0.416 e. The van der Waals surface area contributed by atoms with Gasteiger partial charge in [-0.05, 0) is 55.7 Å². The number of hydrogen-bond donors (Lipinski definition) is 1. The molecule has 180 valence electrons. The average Bonchev–Trinajstić information content (AvgIpc) is 2.79. The Morgan fingerprint density at radius 3 is 2.30 bits per heavy atom. The Morgan fingerprint density at radius 1 is 1.03 bits per heavy atom. The lowest BCUT2D eigenvalue weighted by molar-refractivity contribution is -0.137. The van der Waals surface area contributed by atoms with Crippen molar-refractivity contribution in [3.05, 3.63) is 53.6 Å². The summed E-state index contributed by atoms with van der Waals surface area (Å²) in [6.07, 6.45) is -1.58. The standard InChI is InChI=1S/C23H28F3N3O3S/c1-3-29(4-2)33(31,32)19-11-12-21(28-13-6-5-7-14-28)20(16-19)27-22(30)17-9-8-10-18(15-17)23(24,25)26/h8-12,15-16H,3-7,13-14H2,1-2H3,(H,27,30). The fourth-order valence-corrected chi connectivity index (χ4v) is 5.41. The van der Waals surface area contributed by atoms with Crippen molar-refractivity contribution < 1.29 is 26.4 Å². The van der Waals surface area contributed by atoms with E-state index in [-0.39, 0.29) is 16.1 Å². The molecule has 0 unspecified atom stereocenters. The number of rotatable bonds is 7. The molecule has 0 atom stereocenters. The van der Waals surface area contributed by atoms with E-state index in [9.17, 15) is 26.4 Å². The predicted octanol–water partition coefficient (Wildman–Crippen LogP) is 4.98. The fraction of sp³-hybridized carbons (Fsp3) is 0.435. The van der Waals surface area contributed by atoms with E-state index >= 15 is 0 Å². The maximum Gasteiger partial charge on any atom is 0.416 e. The number of alkyl halides is 3. The number of carbonyl (C=O) groups is 1. The van der Waals surface area contributed by atoms with Gasteiger partial charge < -0.3 is 10.2 Å². The maximum absolute atomic E-state index is 13.1. The quantitative estimate of drug-likeness (QED) is 0.603. The van der Waals surface area contributed by atoms with E-state index in [2.05, 4.69) is 10.2 Å². The van der Waals surface area contributed by atoms with Gasteiger partial charge in [-0.15, -0.1) is 0 Å². The van der Waals surface area contributed by atoms with Crippen LogP contribution in [-0.4, -0.2) is 44.8 Å². The van der Waals surface area contributed by atoms with Crippen LogP contribution in [0.2, 0.25) is 0 Å². The molecule has 1 heterocycles. The molecule has 3 rings (SSSR count). The van der Waals surface area contributed by atoms with Crippen molar-refractivity contribution in [1.29, 1.82) is 0 Å². The van der Waals surface area contributed by atoms with Crippen LogP contribution in [0.3, 0.4) is 0 Å². The van der Waals surface area contributed by atoms with E-state index in [0.717, 1.165) is 44.5 Å². The van der Waals surface area contributed by atoms with Crippen LogP contribution in [0.15, 0.2) is 47.4 Å². The molecule has 0 aromatic heterocycles. The van der Waals surface area contributed by atoms with Crippen LogP contribution in [0.4, 0.5) is 24.5 Å². The summed E-state index contributed by atoms with van der Waals surface area (Å²) < 4.78 is 66.6. The SMILES string of the molecule is CCN(CC)S(=O)(=O)c1ccc(N2CCCCC2)c(NC(=O)c2cccc(C(F)(F)F)c2)c1. The summed E-state index contributed by atoms with van der Waals surface area (Å²) in [4.78, 5) is 15.0. The Hall–Kier alpha value is -2.59. The second-order valence-corrected chi connectivity index (χ2v) is 9.79. The average molecular weight is 484 g/mol. The highest BCUT2D eigenvalue weighted by Gasteiger charge is 2.31. The van der Waals surface area contributed by atoms with Crippen molar-refractivity contribution in [3.8, 4) is 0 Å². The zero-order valence-electron chi connectivity index (χ0n) is 18.7. The number of carbonyl (C=O) groups excluding carboxylic acids is 1. The summed E-state index contributed by atoms with van der Waals surface area (Å²) in [5, 5.41) is 2.66. The Labute approximate surface area is 192 Å². The minimum Gasteiger partial charge on any atom is -0.370 e. The van der Waals surface area contributed by atoms with Gasteiger partial charge in [0.25, 0.3) is 5.91 Å². The second-order valence-electron chi connectivity index (χ2n) is 7.85. The highest BCUT2D eigenvalue weighted by molar-refractivity contribution is 7.89. The highest BCUT2D eigenvalue weighted by Crippen LogP contribution is 2.33. The predicted molar refractivity (Wildman–Crippen MR) is 122 cm³/mol.